The molecule has 0 spiro atoms. The van der Waals surface area contributed by atoms with Gasteiger partial charge in [-0.3, -0.25) is 4.79 Å². The van der Waals surface area contributed by atoms with Crippen molar-refractivity contribution in [1.82, 2.24) is 5.32 Å². The van der Waals surface area contributed by atoms with Crippen LogP contribution in [0, 0.1) is 5.82 Å². The van der Waals surface area contributed by atoms with Crippen molar-refractivity contribution < 1.29 is 18.7 Å². The molecule has 1 fully saturated rings. The summed E-state index contributed by atoms with van der Waals surface area (Å²) in [6.45, 7) is 5.21. The molecule has 1 aliphatic heterocycles. The van der Waals surface area contributed by atoms with Gasteiger partial charge in [0.1, 0.15) is 6.04 Å². The second-order valence-electron chi connectivity index (χ2n) is 4.58. The molecule has 5 nitrogen and oxygen atoms in total. The maximum atomic E-state index is 13.7. The Hall–Kier alpha value is -1.37. The minimum absolute atomic E-state index is 0. The predicted octanol–water partition coefficient (Wildman–Crippen LogP) is 1.96. The summed E-state index contributed by atoms with van der Waals surface area (Å²) in [6.07, 6.45) is -0.212. The molecule has 2 atom stereocenters. The van der Waals surface area contributed by atoms with Crippen LogP contribution >= 0.6 is 12.4 Å². The lowest BCUT2D eigenvalue weighted by molar-refractivity contribution is -0.123. The van der Waals surface area contributed by atoms with E-state index in [0.717, 1.165) is 0 Å². The molecule has 0 unspecified atom stereocenters. The Morgan fingerprint density at radius 2 is 2.33 bits per heavy atom. The Morgan fingerprint density at radius 3 is 2.95 bits per heavy atom. The Bertz CT molecular complexity index is 487. The number of morpholine rings is 1. The highest BCUT2D eigenvalue weighted by atomic mass is 35.5. The largest absolute Gasteiger partial charge is 0.491 e. The first-order valence-corrected chi connectivity index (χ1v) is 6.70. The summed E-state index contributed by atoms with van der Waals surface area (Å²) >= 11 is 0. The van der Waals surface area contributed by atoms with E-state index in [-0.39, 0.29) is 30.2 Å². The fraction of sp³-hybridized carbons (Fsp3) is 0.500. The van der Waals surface area contributed by atoms with Gasteiger partial charge in [0.15, 0.2) is 11.6 Å². The van der Waals surface area contributed by atoms with Crippen LogP contribution in [0.4, 0.5) is 10.1 Å². The van der Waals surface area contributed by atoms with Gasteiger partial charge in [-0.2, -0.15) is 0 Å². The van der Waals surface area contributed by atoms with Crippen molar-refractivity contribution in [3.63, 3.8) is 0 Å². The van der Waals surface area contributed by atoms with Crippen LogP contribution in [0.15, 0.2) is 18.2 Å². The second kappa shape index (κ2) is 8.17. The maximum absolute atomic E-state index is 13.7. The molecule has 21 heavy (non-hydrogen) atoms. The lowest BCUT2D eigenvalue weighted by Gasteiger charge is -2.29. The van der Waals surface area contributed by atoms with Crippen molar-refractivity contribution in [2.24, 2.45) is 0 Å². The third kappa shape index (κ3) is 4.56. The van der Waals surface area contributed by atoms with Crippen LogP contribution in [0.2, 0.25) is 0 Å². The number of hydrogen-bond donors (Lipinski definition) is 2. The number of carbonyl (C=O) groups is 1. The van der Waals surface area contributed by atoms with Crippen LogP contribution in [-0.4, -0.2) is 37.8 Å². The fourth-order valence-electron chi connectivity index (χ4n) is 2.10. The number of nitrogens with one attached hydrogen (secondary N) is 2. The molecule has 2 N–H and O–H groups in total. The molecule has 0 saturated carbocycles. The SMILES string of the molecule is CCOc1ccc(NC(=O)[C@H]2NCCO[C@@H]2C)cc1F.Cl. The first kappa shape index (κ1) is 17.7. The number of ether oxygens (including phenoxy) is 2. The molecule has 0 aromatic heterocycles. The summed E-state index contributed by atoms with van der Waals surface area (Å²) in [6, 6.07) is 3.93. The van der Waals surface area contributed by atoms with Gasteiger partial charge in [-0.25, -0.2) is 4.39 Å². The van der Waals surface area contributed by atoms with Gasteiger partial charge in [0.2, 0.25) is 5.91 Å². The van der Waals surface area contributed by atoms with Crippen LogP contribution < -0.4 is 15.4 Å². The van der Waals surface area contributed by atoms with E-state index in [0.29, 0.717) is 25.4 Å². The Labute approximate surface area is 129 Å². The molecule has 1 aliphatic rings. The zero-order chi connectivity index (χ0) is 14.5. The third-order valence-corrected chi connectivity index (χ3v) is 3.10. The molecule has 0 aliphatic carbocycles. The number of rotatable bonds is 4. The molecule has 1 aromatic carbocycles. The minimum atomic E-state index is -0.495. The average molecular weight is 319 g/mol. The molecule has 0 radical (unpaired) electrons. The number of anilines is 1. The van der Waals surface area contributed by atoms with Crippen molar-refractivity contribution >= 4 is 24.0 Å². The lowest BCUT2D eigenvalue weighted by atomic mass is 10.1. The van der Waals surface area contributed by atoms with Gasteiger partial charge >= 0.3 is 0 Å². The number of hydrogen-bond acceptors (Lipinski definition) is 4. The summed E-state index contributed by atoms with van der Waals surface area (Å²) in [5.74, 6) is -0.552. The van der Waals surface area contributed by atoms with E-state index in [1.807, 2.05) is 6.92 Å². The van der Waals surface area contributed by atoms with Crippen LogP contribution in [0.1, 0.15) is 13.8 Å². The normalized spacial score (nSPS) is 21.3. The highest BCUT2D eigenvalue weighted by Gasteiger charge is 2.28. The maximum Gasteiger partial charge on any atom is 0.244 e. The van der Waals surface area contributed by atoms with Crippen LogP contribution in [0.5, 0.6) is 5.75 Å². The zero-order valence-corrected chi connectivity index (χ0v) is 12.8. The molecule has 2 rings (SSSR count). The molecule has 1 amide bonds. The van der Waals surface area contributed by atoms with Crippen molar-refractivity contribution in [1.29, 1.82) is 0 Å². The van der Waals surface area contributed by atoms with Gasteiger partial charge in [0, 0.05) is 18.3 Å². The summed E-state index contributed by atoms with van der Waals surface area (Å²) in [5, 5.41) is 5.75. The van der Waals surface area contributed by atoms with E-state index >= 15 is 0 Å². The average Bonchev–Trinajstić information content (AvgIpc) is 2.42. The Morgan fingerprint density at radius 1 is 1.57 bits per heavy atom. The van der Waals surface area contributed by atoms with Gasteiger partial charge in [0.05, 0.1) is 19.3 Å². The molecule has 1 aromatic rings. The number of benzene rings is 1. The van der Waals surface area contributed by atoms with Crippen molar-refractivity contribution in [3.05, 3.63) is 24.0 Å². The number of amides is 1. The molecular weight excluding hydrogens is 299 g/mol. The molecule has 1 heterocycles. The summed E-state index contributed by atoms with van der Waals surface area (Å²) in [7, 11) is 0. The van der Waals surface area contributed by atoms with Crippen molar-refractivity contribution in [3.8, 4) is 5.75 Å². The van der Waals surface area contributed by atoms with Crippen LogP contribution in [0.3, 0.4) is 0 Å². The van der Waals surface area contributed by atoms with Gasteiger partial charge in [0.25, 0.3) is 0 Å². The van der Waals surface area contributed by atoms with E-state index in [2.05, 4.69) is 10.6 Å². The zero-order valence-electron chi connectivity index (χ0n) is 12.0. The first-order chi connectivity index (χ1) is 9.61. The summed E-state index contributed by atoms with van der Waals surface area (Å²) in [4.78, 5) is 12.1. The molecule has 1 saturated heterocycles. The van der Waals surface area contributed by atoms with Crippen molar-refractivity contribution in [2.75, 3.05) is 25.1 Å². The van der Waals surface area contributed by atoms with E-state index in [9.17, 15) is 9.18 Å². The molecule has 7 heteroatoms. The molecular formula is C14H20ClFN2O3. The number of halogens is 2. The van der Waals surface area contributed by atoms with Crippen molar-refractivity contribution in [2.45, 2.75) is 26.0 Å². The second-order valence-corrected chi connectivity index (χ2v) is 4.58. The Balaban J connectivity index is 0.00000220. The third-order valence-electron chi connectivity index (χ3n) is 3.10. The lowest BCUT2D eigenvalue weighted by Crippen LogP contribution is -2.53. The summed E-state index contributed by atoms with van der Waals surface area (Å²) < 4.78 is 24.2. The quantitative estimate of drug-likeness (QED) is 0.891. The highest BCUT2D eigenvalue weighted by Crippen LogP contribution is 2.21. The number of carbonyl (C=O) groups excluding carboxylic acids is 1. The smallest absolute Gasteiger partial charge is 0.244 e. The van der Waals surface area contributed by atoms with Gasteiger partial charge in [-0.05, 0) is 26.0 Å². The monoisotopic (exact) mass is 318 g/mol. The highest BCUT2D eigenvalue weighted by molar-refractivity contribution is 5.95. The van der Waals surface area contributed by atoms with E-state index < -0.39 is 11.9 Å². The fourth-order valence-corrected chi connectivity index (χ4v) is 2.10. The van der Waals surface area contributed by atoms with Gasteiger partial charge < -0.3 is 20.1 Å². The molecule has 0 bridgehead atoms. The van der Waals surface area contributed by atoms with Gasteiger partial charge in [-0.15, -0.1) is 12.4 Å². The summed E-state index contributed by atoms with van der Waals surface area (Å²) in [5.41, 5.74) is 0.399. The molecule has 118 valence electrons. The van der Waals surface area contributed by atoms with E-state index in [1.54, 1.807) is 13.0 Å². The first-order valence-electron chi connectivity index (χ1n) is 6.70. The van der Waals surface area contributed by atoms with E-state index in [4.69, 9.17) is 9.47 Å². The van der Waals surface area contributed by atoms with E-state index in [1.165, 1.54) is 12.1 Å². The minimum Gasteiger partial charge on any atom is -0.491 e. The topological polar surface area (TPSA) is 59.6 Å². The standard InChI is InChI=1S/C14H19FN2O3.ClH/c1-3-19-12-5-4-10(8-11(12)15)17-14(18)13-9(2)20-7-6-16-13;/h4-5,8-9,13,16H,3,6-7H2,1-2H3,(H,17,18);1H/t9-,13+;/m1./s1. The van der Waals surface area contributed by atoms with Gasteiger partial charge in [-0.1, -0.05) is 0 Å². The van der Waals surface area contributed by atoms with Crippen LogP contribution in [-0.2, 0) is 9.53 Å². The Kier molecular flexibility index (Phi) is 6.87. The van der Waals surface area contributed by atoms with Crippen LogP contribution in [0.25, 0.3) is 0 Å². The predicted molar refractivity (Wildman–Crippen MR) is 80.7 cm³/mol.